The number of halogens is 3. The Morgan fingerprint density at radius 3 is 2.36 bits per heavy atom. The summed E-state index contributed by atoms with van der Waals surface area (Å²) in [6.45, 7) is 4.23. The van der Waals surface area contributed by atoms with E-state index in [1.54, 1.807) is 0 Å². The summed E-state index contributed by atoms with van der Waals surface area (Å²) in [4.78, 5) is 28.5. The molecule has 36 heavy (non-hydrogen) atoms. The van der Waals surface area contributed by atoms with Crippen LogP contribution >= 0.6 is 0 Å². The van der Waals surface area contributed by atoms with E-state index in [9.17, 15) is 18.0 Å². The molecule has 1 fully saturated rings. The average Bonchev–Trinajstić information content (AvgIpc) is 3.44. The van der Waals surface area contributed by atoms with E-state index in [-0.39, 0.29) is 5.91 Å². The van der Waals surface area contributed by atoms with Crippen molar-refractivity contribution >= 4 is 11.9 Å². The van der Waals surface area contributed by atoms with Crippen LogP contribution in [0.3, 0.4) is 0 Å². The molecule has 5 rings (SSSR count). The second-order valence-corrected chi connectivity index (χ2v) is 8.76. The molecule has 2 atom stereocenters. The Labute approximate surface area is 205 Å². The lowest BCUT2D eigenvalue weighted by molar-refractivity contribution is -0.192. The van der Waals surface area contributed by atoms with Gasteiger partial charge < -0.3 is 15.0 Å². The first-order valence-corrected chi connectivity index (χ1v) is 11.4. The summed E-state index contributed by atoms with van der Waals surface area (Å²) in [5.41, 5.74) is 2.17. The molecule has 0 radical (unpaired) electrons. The molecule has 3 aromatic rings. The lowest BCUT2D eigenvalue weighted by atomic mass is 9.89. The van der Waals surface area contributed by atoms with Gasteiger partial charge in [-0.1, -0.05) is 36.4 Å². The molecule has 0 saturated carbocycles. The van der Waals surface area contributed by atoms with E-state index in [1.807, 2.05) is 53.2 Å². The van der Waals surface area contributed by atoms with Crippen LogP contribution in [0.1, 0.15) is 27.7 Å². The summed E-state index contributed by atoms with van der Waals surface area (Å²) in [7, 11) is 0. The number of nitrogens with one attached hydrogen (secondary N) is 1. The molecular weight excluding hydrogens is 477 g/mol. The maximum Gasteiger partial charge on any atom is 0.490 e. The number of carbonyl (C=O) groups excluding carboxylic acids is 1. The first kappa shape index (κ1) is 25.3. The number of benzene rings is 1. The minimum absolute atomic E-state index is 0.158. The predicted molar refractivity (Wildman–Crippen MR) is 122 cm³/mol. The lowest BCUT2D eigenvalue weighted by Crippen LogP contribution is -2.32. The van der Waals surface area contributed by atoms with Crippen LogP contribution in [0.15, 0.2) is 54.7 Å². The number of amides is 1. The Morgan fingerprint density at radius 2 is 1.69 bits per heavy atom. The number of rotatable bonds is 5. The number of aromatic nitrogens is 4. The highest BCUT2D eigenvalue weighted by Crippen LogP contribution is 2.33. The monoisotopic (exact) mass is 502 g/mol. The van der Waals surface area contributed by atoms with Gasteiger partial charge in [-0.25, -0.2) is 4.79 Å². The van der Waals surface area contributed by atoms with E-state index in [1.165, 1.54) is 0 Å². The van der Waals surface area contributed by atoms with Crippen LogP contribution in [-0.4, -0.2) is 60.9 Å². The molecular formula is C24H25F3N6O3. The van der Waals surface area contributed by atoms with Crippen LogP contribution in [-0.2, 0) is 30.8 Å². The third-order valence-corrected chi connectivity index (χ3v) is 6.19. The second-order valence-electron chi connectivity index (χ2n) is 8.76. The summed E-state index contributed by atoms with van der Waals surface area (Å²) >= 11 is 0. The molecule has 12 heteroatoms. The molecule has 0 unspecified atom stereocenters. The number of alkyl halides is 3. The summed E-state index contributed by atoms with van der Waals surface area (Å²) in [6.07, 6.45) is -2.36. The van der Waals surface area contributed by atoms with Gasteiger partial charge >= 0.3 is 12.1 Å². The van der Waals surface area contributed by atoms with Crippen molar-refractivity contribution in [2.45, 2.75) is 32.2 Å². The van der Waals surface area contributed by atoms with Crippen LogP contribution in [0.2, 0.25) is 0 Å². The molecule has 1 amide bonds. The fourth-order valence-electron chi connectivity index (χ4n) is 4.50. The van der Waals surface area contributed by atoms with E-state index in [2.05, 4.69) is 31.5 Å². The second kappa shape index (κ2) is 10.9. The average molecular weight is 502 g/mol. The van der Waals surface area contributed by atoms with Crippen molar-refractivity contribution < 1.29 is 27.9 Å². The van der Waals surface area contributed by atoms with Gasteiger partial charge in [0.1, 0.15) is 5.82 Å². The summed E-state index contributed by atoms with van der Waals surface area (Å²) in [6, 6.07) is 16.0. The maximum atomic E-state index is 12.7. The highest BCUT2D eigenvalue weighted by Gasteiger charge is 2.39. The number of likely N-dealkylation sites (tertiary alicyclic amines) is 1. The molecule has 9 nitrogen and oxygen atoms in total. The van der Waals surface area contributed by atoms with Crippen molar-refractivity contribution in [1.29, 1.82) is 0 Å². The summed E-state index contributed by atoms with van der Waals surface area (Å²) in [5, 5.41) is 18.6. The third-order valence-electron chi connectivity index (χ3n) is 6.19. The minimum Gasteiger partial charge on any atom is -0.475 e. The number of pyridine rings is 1. The van der Waals surface area contributed by atoms with E-state index in [0.717, 1.165) is 49.7 Å². The van der Waals surface area contributed by atoms with Crippen molar-refractivity contribution in [2.24, 2.45) is 11.8 Å². The molecule has 190 valence electrons. The largest absolute Gasteiger partial charge is 0.490 e. The Morgan fingerprint density at radius 1 is 1.00 bits per heavy atom. The SMILES string of the molecule is O=C(NCc1ccccc1)c1nnc2n1C[C@@H]1CN(Cc3ccccn3)C[C@@H]1C2.O=C(O)C(F)(F)F. The Bertz CT molecular complexity index is 1190. The number of fused-ring (bicyclic) bond motifs is 2. The minimum atomic E-state index is -5.08. The highest BCUT2D eigenvalue weighted by atomic mass is 19.4. The van der Waals surface area contributed by atoms with Gasteiger partial charge in [-0.3, -0.25) is 14.7 Å². The normalized spacial score (nSPS) is 19.0. The first-order chi connectivity index (χ1) is 17.2. The van der Waals surface area contributed by atoms with Crippen LogP contribution < -0.4 is 5.32 Å². The van der Waals surface area contributed by atoms with Crippen LogP contribution in [0.4, 0.5) is 13.2 Å². The third kappa shape index (κ3) is 6.25. The van der Waals surface area contributed by atoms with E-state index in [0.29, 0.717) is 24.2 Å². The molecule has 2 aliphatic heterocycles. The topological polar surface area (TPSA) is 113 Å². The van der Waals surface area contributed by atoms with Gasteiger partial charge in [0.25, 0.3) is 5.91 Å². The smallest absolute Gasteiger partial charge is 0.475 e. The fraction of sp³-hybridized carbons (Fsp3) is 0.375. The molecule has 2 N–H and O–H groups in total. The summed E-state index contributed by atoms with van der Waals surface area (Å²) < 4.78 is 33.8. The molecule has 2 aromatic heterocycles. The zero-order valence-corrected chi connectivity index (χ0v) is 19.2. The van der Waals surface area contributed by atoms with Crippen molar-refractivity contribution in [3.8, 4) is 0 Å². The molecule has 4 heterocycles. The van der Waals surface area contributed by atoms with Gasteiger partial charge in [0.2, 0.25) is 5.82 Å². The Hall–Kier alpha value is -3.80. The van der Waals surface area contributed by atoms with Gasteiger partial charge in [0, 0.05) is 45.3 Å². The number of nitrogens with zero attached hydrogens (tertiary/aromatic N) is 5. The van der Waals surface area contributed by atoms with Gasteiger partial charge in [-0.05, 0) is 29.5 Å². The van der Waals surface area contributed by atoms with Crippen LogP contribution in [0.25, 0.3) is 0 Å². The quantitative estimate of drug-likeness (QED) is 0.551. The van der Waals surface area contributed by atoms with E-state index >= 15 is 0 Å². The lowest BCUT2D eigenvalue weighted by Gasteiger charge is -2.25. The number of hydrogen-bond donors (Lipinski definition) is 2. The van der Waals surface area contributed by atoms with Gasteiger partial charge in [0.15, 0.2) is 0 Å². The number of hydrogen-bond acceptors (Lipinski definition) is 6. The number of carboxylic acid groups (broad SMARTS) is 1. The highest BCUT2D eigenvalue weighted by molar-refractivity contribution is 5.90. The van der Waals surface area contributed by atoms with Gasteiger partial charge in [-0.15, -0.1) is 10.2 Å². The standard InChI is InChI=1S/C22H24N6O.C2HF3O2/c29-22(24-11-16-6-2-1-3-7-16)21-26-25-20-10-17-12-27(13-18(17)14-28(20)21)15-19-8-4-5-9-23-19;3-2(4,5)1(6)7/h1-9,17-18H,10-15H2,(H,24,29);(H,6,7)/t17-,18-;/m0./s1. The van der Waals surface area contributed by atoms with Crippen molar-refractivity contribution in [1.82, 2.24) is 30.0 Å². The van der Waals surface area contributed by atoms with Gasteiger partial charge in [0.05, 0.1) is 5.69 Å². The molecule has 1 saturated heterocycles. The molecule has 2 aliphatic rings. The number of carbonyl (C=O) groups is 2. The van der Waals surface area contributed by atoms with Crippen molar-refractivity contribution in [3.63, 3.8) is 0 Å². The Kier molecular flexibility index (Phi) is 7.63. The maximum absolute atomic E-state index is 12.7. The Balaban J connectivity index is 0.000000384. The molecule has 0 spiro atoms. The van der Waals surface area contributed by atoms with Crippen LogP contribution in [0, 0.1) is 11.8 Å². The van der Waals surface area contributed by atoms with Gasteiger partial charge in [-0.2, -0.15) is 13.2 Å². The molecule has 1 aromatic carbocycles. The van der Waals surface area contributed by atoms with Crippen LogP contribution in [0.5, 0.6) is 0 Å². The zero-order valence-electron chi connectivity index (χ0n) is 19.2. The van der Waals surface area contributed by atoms with E-state index in [4.69, 9.17) is 9.90 Å². The molecule has 0 bridgehead atoms. The zero-order chi connectivity index (χ0) is 25.7. The summed E-state index contributed by atoms with van der Waals surface area (Å²) in [5.74, 6) is -0.478. The van der Waals surface area contributed by atoms with E-state index < -0.39 is 12.1 Å². The number of aliphatic carboxylic acids is 1. The molecule has 0 aliphatic carbocycles. The predicted octanol–water partition coefficient (Wildman–Crippen LogP) is 2.54. The number of carboxylic acids is 1. The van der Waals surface area contributed by atoms with Crippen molar-refractivity contribution in [3.05, 3.63) is 77.6 Å². The van der Waals surface area contributed by atoms with Crippen molar-refractivity contribution in [2.75, 3.05) is 13.1 Å². The fourth-order valence-corrected chi connectivity index (χ4v) is 4.50. The first-order valence-electron chi connectivity index (χ1n) is 11.4.